The molecule has 0 aliphatic heterocycles. The second kappa shape index (κ2) is 5.95. The van der Waals surface area contributed by atoms with E-state index in [0.29, 0.717) is 12.3 Å². The fourth-order valence-electron chi connectivity index (χ4n) is 2.09. The third kappa shape index (κ3) is 4.86. The van der Waals surface area contributed by atoms with Crippen LogP contribution >= 0.6 is 0 Å². The molecule has 0 bridgehead atoms. The van der Waals surface area contributed by atoms with Crippen LogP contribution in [0.1, 0.15) is 31.9 Å². The first kappa shape index (κ1) is 16.0. The molecule has 0 saturated heterocycles. The summed E-state index contributed by atoms with van der Waals surface area (Å²) in [6.07, 6.45) is -3.62. The van der Waals surface area contributed by atoms with Crippen LogP contribution in [0.15, 0.2) is 24.3 Å². The number of benzene rings is 1. The predicted molar refractivity (Wildman–Crippen MR) is 72.0 cm³/mol. The number of rotatable bonds is 4. The normalized spacial score (nSPS) is 14.5. The van der Waals surface area contributed by atoms with E-state index in [1.54, 1.807) is 6.07 Å². The Morgan fingerprint density at radius 2 is 1.79 bits per heavy atom. The minimum atomic E-state index is -4.27. The Balaban J connectivity index is 2.91. The highest BCUT2D eigenvalue weighted by molar-refractivity contribution is 5.26. The largest absolute Gasteiger partial charge is 0.416 e. The predicted octanol–water partition coefficient (Wildman–Crippen LogP) is 4.13. The van der Waals surface area contributed by atoms with Gasteiger partial charge in [-0.2, -0.15) is 13.2 Å². The Morgan fingerprint density at radius 3 is 2.26 bits per heavy atom. The van der Waals surface area contributed by atoms with Gasteiger partial charge in [0, 0.05) is 0 Å². The molecule has 0 aliphatic rings. The van der Waals surface area contributed by atoms with Crippen molar-refractivity contribution in [2.45, 2.75) is 33.4 Å². The number of nitrogens with one attached hydrogen (secondary N) is 1. The van der Waals surface area contributed by atoms with Gasteiger partial charge in [0.25, 0.3) is 0 Å². The molecule has 1 atom stereocenters. The van der Waals surface area contributed by atoms with Crippen LogP contribution in [0.5, 0.6) is 0 Å². The molecular formula is C15H22F3N. The van der Waals surface area contributed by atoms with Crippen molar-refractivity contribution in [1.29, 1.82) is 0 Å². The molecule has 0 spiro atoms. The summed E-state index contributed by atoms with van der Waals surface area (Å²) in [4.78, 5) is 0. The quantitative estimate of drug-likeness (QED) is 0.869. The SMILES string of the molecule is CNCC(Cc1cccc(C(F)(F)F)c1)C(C)(C)C. The van der Waals surface area contributed by atoms with E-state index in [0.717, 1.165) is 18.2 Å². The molecule has 1 aromatic rings. The molecule has 108 valence electrons. The number of halogens is 3. The molecule has 0 amide bonds. The zero-order valence-electron chi connectivity index (χ0n) is 11.9. The van der Waals surface area contributed by atoms with Crippen molar-refractivity contribution in [3.8, 4) is 0 Å². The van der Waals surface area contributed by atoms with Gasteiger partial charge in [0.05, 0.1) is 5.56 Å². The Labute approximate surface area is 113 Å². The third-order valence-corrected chi connectivity index (χ3v) is 3.41. The maximum atomic E-state index is 12.7. The van der Waals surface area contributed by atoms with E-state index in [4.69, 9.17) is 0 Å². The molecule has 1 unspecified atom stereocenters. The van der Waals surface area contributed by atoms with E-state index in [1.807, 2.05) is 7.05 Å². The van der Waals surface area contributed by atoms with Gasteiger partial charge in [-0.25, -0.2) is 0 Å². The molecule has 19 heavy (non-hydrogen) atoms. The topological polar surface area (TPSA) is 12.0 Å². The second-order valence-electron chi connectivity index (χ2n) is 6.02. The maximum absolute atomic E-state index is 12.7. The Bertz CT molecular complexity index is 405. The van der Waals surface area contributed by atoms with E-state index in [9.17, 15) is 13.2 Å². The molecule has 0 fully saturated rings. The second-order valence-corrected chi connectivity index (χ2v) is 6.02. The van der Waals surface area contributed by atoms with Gasteiger partial charge >= 0.3 is 6.18 Å². The van der Waals surface area contributed by atoms with Crippen molar-refractivity contribution in [1.82, 2.24) is 5.32 Å². The molecule has 0 heterocycles. The average Bonchev–Trinajstić information content (AvgIpc) is 2.26. The lowest BCUT2D eigenvalue weighted by atomic mass is 9.77. The summed E-state index contributed by atoms with van der Waals surface area (Å²) in [5.41, 5.74) is 0.226. The molecule has 0 aromatic heterocycles. The number of hydrogen-bond donors (Lipinski definition) is 1. The van der Waals surface area contributed by atoms with Gasteiger partial charge in [-0.15, -0.1) is 0 Å². The van der Waals surface area contributed by atoms with Gasteiger partial charge < -0.3 is 5.32 Å². The molecule has 1 aromatic carbocycles. The minimum absolute atomic E-state index is 0.0528. The Morgan fingerprint density at radius 1 is 1.16 bits per heavy atom. The molecule has 1 nitrogen and oxygen atoms in total. The molecule has 4 heteroatoms. The van der Waals surface area contributed by atoms with E-state index in [2.05, 4.69) is 26.1 Å². The Kier molecular flexibility index (Phi) is 5.02. The van der Waals surface area contributed by atoms with E-state index >= 15 is 0 Å². The Hall–Kier alpha value is -1.03. The van der Waals surface area contributed by atoms with Crippen LogP contribution in [0.2, 0.25) is 0 Å². The first-order chi connectivity index (χ1) is 8.64. The molecule has 0 saturated carbocycles. The zero-order chi connectivity index (χ0) is 14.7. The van der Waals surface area contributed by atoms with Crippen molar-refractivity contribution in [2.24, 2.45) is 11.3 Å². The zero-order valence-corrected chi connectivity index (χ0v) is 11.9. The highest BCUT2D eigenvalue weighted by Gasteiger charge is 2.31. The first-order valence-corrected chi connectivity index (χ1v) is 6.45. The van der Waals surface area contributed by atoms with Crippen molar-refractivity contribution < 1.29 is 13.2 Å². The molecule has 0 aliphatic carbocycles. The van der Waals surface area contributed by atoms with Crippen molar-refractivity contribution in [3.63, 3.8) is 0 Å². The van der Waals surface area contributed by atoms with Crippen LogP contribution in [0, 0.1) is 11.3 Å². The van der Waals surface area contributed by atoms with Crippen LogP contribution < -0.4 is 5.32 Å². The lowest BCUT2D eigenvalue weighted by Gasteiger charge is -2.31. The van der Waals surface area contributed by atoms with Crippen LogP contribution in [0.4, 0.5) is 13.2 Å². The highest BCUT2D eigenvalue weighted by Crippen LogP contribution is 2.32. The fourth-order valence-corrected chi connectivity index (χ4v) is 2.09. The van der Waals surface area contributed by atoms with Crippen molar-refractivity contribution >= 4 is 0 Å². The number of alkyl halides is 3. The standard InChI is InChI=1S/C15H22F3N/c1-14(2,3)13(10-19-4)9-11-6-5-7-12(8-11)15(16,17)18/h5-8,13,19H,9-10H2,1-4H3. The summed E-state index contributed by atoms with van der Waals surface area (Å²) in [6, 6.07) is 5.63. The summed E-state index contributed by atoms with van der Waals surface area (Å²) in [5.74, 6) is 0.293. The third-order valence-electron chi connectivity index (χ3n) is 3.41. The molecule has 0 radical (unpaired) electrons. The van der Waals surface area contributed by atoms with E-state index in [-0.39, 0.29) is 5.41 Å². The van der Waals surface area contributed by atoms with Gasteiger partial charge in [-0.1, -0.05) is 39.0 Å². The lowest BCUT2D eigenvalue weighted by molar-refractivity contribution is -0.137. The summed E-state index contributed by atoms with van der Waals surface area (Å²) in [5, 5.41) is 3.12. The van der Waals surface area contributed by atoms with E-state index in [1.165, 1.54) is 12.1 Å². The van der Waals surface area contributed by atoms with Crippen LogP contribution in [-0.4, -0.2) is 13.6 Å². The van der Waals surface area contributed by atoms with Gasteiger partial charge in [0.1, 0.15) is 0 Å². The smallest absolute Gasteiger partial charge is 0.319 e. The summed E-state index contributed by atoms with van der Waals surface area (Å²) >= 11 is 0. The summed E-state index contributed by atoms with van der Waals surface area (Å²) < 4.78 is 38.0. The van der Waals surface area contributed by atoms with Crippen LogP contribution in [0.25, 0.3) is 0 Å². The van der Waals surface area contributed by atoms with Gasteiger partial charge in [0.15, 0.2) is 0 Å². The highest BCUT2D eigenvalue weighted by atomic mass is 19.4. The summed E-state index contributed by atoms with van der Waals surface area (Å²) in [7, 11) is 1.87. The first-order valence-electron chi connectivity index (χ1n) is 6.45. The monoisotopic (exact) mass is 273 g/mol. The maximum Gasteiger partial charge on any atom is 0.416 e. The van der Waals surface area contributed by atoms with Gasteiger partial charge in [-0.05, 0) is 43.0 Å². The lowest BCUT2D eigenvalue weighted by Crippen LogP contribution is -2.31. The summed E-state index contributed by atoms with van der Waals surface area (Å²) in [6.45, 7) is 7.13. The molecule has 1 rings (SSSR count). The van der Waals surface area contributed by atoms with Crippen molar-refractivity contribution in [2.75, 3.05) is 13.6 Å². The molecule has 1 N–H and O–H groups in total. The van der Waals surface area contributed by atoms with Gasteiger partial charge in [0.2, 0.25) is 0 Å². The number of hydrogen-bond acceptors (Lipinski definition) is 1. The average molecular weight is 273 g/mol. The van der Waals surface area contributed by atoms with E-state index < -0.39 is 11.7 Å². The molecular weight excluding hydrogens is 251 g/mol. The fraction of sp³-hybridized carbons (Fsp3) is 0.600. The van der Waals surface area contributed by atoms with Gasteiger partial charge in [-0.3, -0.25) is 0 Å². The van der Waals surface area contributed by atoms with Crippen LogP contribution in [-0.2, 0) is 12.6 Å². The van der Waals surface area contributed by atoms with Crippen LogP contribution in [0.3, 0.4) is 0 Å². The minimum Gasteiger partial charge on any atom is -0.319 e. The van der Waals surface area contributed by atoms with Crippen molar-refractivity contribution in [3.05, 3.63) is 35.4 Å².